The van der Waals surface area contributed by atoms with Crippen molar-refractivity contribution in [2.45, 2.75) is 51.4 Å². The van der Waals surface area contributed by atoms with Gasteiger partial charge in [0.25, 0.3) is 0 Å². The van der Waals surface area contributed by atoms with E-state index < -0.39 is 5.97 Å². The Labute approximate surface area is 166 Å². The van der Waals surface area contributed by atoms with Crippen LogP contribution in [0.3, 0.4) is 0 Å². The predicted octanol–water partition coefficient (Wildman–Crippen LogP) is 1.44. The van der Waals surface area contributed by atoms with Crippen LogP contribution in [0.2, 0.25) is 0 Å². The van der Waals surface area contributed by atoms with Gasteiger partial charge in [0.15, 0.2) is 0 Å². The van der Waals surface area contributed by atoms with E-state index in [0.717, 1.165) is 12.3 Å². The second-order valence-electron chi connectivity index (χ2n) is 7.95. The molecule has 0 spiro atoms. The molecule has 154 valence electrons. The van der Waals surface area contributed by atoms with Crippen LogP contribution in [0.25, 0.3) is 0 Å². The van der Waals surface area contributed by atoms with E-state index in [1.165, 1.54) is 11.8 Å². The minimum Gasteiger partial charge on any atom is -0.478 e. The Bertz CT molecular complexity index is 604. The van der Waals surface area contributed by atoms with Gasteiger partial charge in [-0.05, 0) is 33.7 Å². The Morgan fingerprint density at radius 2 is 1.96 bits per heavy atom. The van der Waals surface area contributed by atoms with E-state index >= 15 is 0 Å². The summed E-state index contributed by atoms with van der Waals surface area (Å²) in [4.78, 5) is 39.9. The highest BCUT2D eigenvalue weighted by Crippen LogP contribution is 2.34. The third-order valence-corrected chi connectivity index (χ3v) is 6.32. The summed E-state index contributed by atoms with van der Waals surface area (Å²) in [6.07, 6.45) is 1.58. The van der Waals surface area contributed by atoms with Gasteiger partial charge in [0, 0.05) is 29.7 Å². The van der Waals surface area contributed by atoms with Crippen molar-refractivity contribution in [1.29, 1.82) is 0 Å². The Kier molecular flexibility index (Phi) is 8.35. The Balaban J connectivity index is 2.78. The van der Waals surface area contributed by atoms with Crippen molar-refractivity contribution in [3.8, 4) is 0 Å². The molecule has 2 N–H and O–H groups in total. The Morgan fingerprint density at radius 1 is 1.37 bits per heavy atom. The molecular weight excluding hydrogens is 366 g/mol. The van der Waals surface area contributed by atoms with Crippen molar-refractivity contribution in [2.24, 2.45) is 5.92 Å². The maximum atomic E-state index is 12.7. The second-order valence-corrected chi connectivity index (χ2v) is 9.70. The van der Waals surface area contributed by atoms with Gasteiger partial charge in [0.2, 0.25) is 11.8 Å². The number of carboxylic acid groups (broad SMARTS) is 1. The number of likely N-dealkylation sites (N-methyl/N-ethyl adjacent to an activating group) is 2. The first kappa shape index (κ1) is 23.5. The van der Waals surface area contributed by atoms with Gasteiger partial charge >= 0.3 is 5.97 Å². The molecule has 7 nitrogen and oxygen atoms in total. The maximum absolute atomic E-state index is 12.7. The lowest BCUT2D eigenvalue weighted by atomic mass is 9.99. The van der Waals surface area contributed by atoms with Crippen molar-refractivity contribution >= 4 is 29.5 Å². The van der Waals surface area contributed by atoms with Gasteiger partial charge in [-0.1, -0.05) is 19.9 Å². The quantitative estimate of drug-likeness (QED) is 0.630. The van der Waals surface area contributed by atoms with Gasteiger partial charge in [0.1, 0.15) is 6.04 Å². The zero-order valence-corrected chi connectivity index (χ0v) is 18.2. The molecule has 2 amide bonds. The molecule has 0 aromatic rings. The molecule has 8 heteroatoms. The lowest BCUT2D eigenvalue weighted by molar-refractivity contribution is -0.135. The van der Waals surface area contributed by atoms with Crippen LogP contribution < -0.4 is 5.32 Å². The molecule has 1 heterocycles. The monoisotopic (exact) mass is 399 g/mol. The summed E-state index contributed by atoms with van der Waals surface area (Å²) in [5.41, 5.74) is 0.194. The van der Waals surface area contributed by atoms with E-state index in [0.29, 0.717) is 0 Å². The molecule has 1 aliphatic heterocycles. The van der Waals surface area contributed by atoms with Crippen molar-refractivity contribution in [2.75, 3.05) is 32.9 Å². The van der Waals surface area contributed by atoms with Crippen LogP contribution in [-0.2, 0) is 14.4 Å². The molecule has 1 unspecified atom stereocenters. The Hall–Kier alpha value is -1.54. The summed E-state index contributed by atoms with van der Waals surface area (Å²) in [5.74, 6) is -0.394. The maximum Gasteiger partial charge on any atom is 0.331 e. The SMILES string of the molecule is C/C(=C\[C@H](C(C)C)N(C)C(=O)CNC(=O)C1N(C)CCSC1(C)C)C(=O)O. The number of carboxylic acids is 1. The number of amides is 2. The highest BCUT2D eigenvalue weighted by Gasteiger charge is 2.41. The Morgan fingerprint density at radius 3 is 2.44 bits per heavy atom. The zero-order chi connectivity index (χ0) is 20.9. The van der Waals surface area contributed by atoms with E-state index in [9.17, 15) is 14.4 Å². The molecule has 0 aromatic heterocycles. The number of carbonyl (C=O) groups is 3. The number of nitrogens with one attached hydrogen (secondary N) is 1. The fourth-order valence-corrected chi connectivity index (χ4v) is 4.69. The predicted molar refractivity (Wildman–Crippen MR) is 109 cm³/mol. The summed E-state index contributed by atoms with van der Waals surface area (Å²) < 4.78 is -0.228. The van der Waals surface area contributed by atoms with Crippen LogP contribution in [0, 0.1) is 5.92 Å². The third-order valence-electron chi connectivity index (χ3n) is 4.96. The van der Waals surface area contributed by atoms with Gasteiger partial charge in [0.05, 0.1) is 12.6 Å². The standard InChI is InChI=1S/C19H33N3O4S/c1-12(2)14(10-13(3)18(25)26)22(7)15(23)11-20-17(24)16-19(4,5)27-9-8-21(16)6/h10,12,14,16H,8-9,11H2,1-7H3,(H,20,24)(H,25,26)/b13-10+/t14-,16?/m1/s1. The first-order chi connectivity index (χ1) is 12.4. The highest BCUT2D eigenvalue weighted by molar-refractivity contribution is 8.00. The lowest BCUT2D eigenvalue weighted by Gasteiger charge is -2.43. The van der Waals surface area contributed by atoms with E-state index in [-0.39, 0.29) is 46.7 Å². The molecule has 0 bridgehead atoms. The van der Waals surface area contributed by atoms with Gasteiger partial charge in [-0.3, -0.25) is 14.5 Å². The minimum atomic E-state index is -1.00. The molecule has 1 saturated heterocycles. The van der Waals surface area contributed by atoms with Gasteiger partial charge in [-0.15, -0.1) is 0 Å². The molecule has 1 rings (SSSR count). The van der Waals surface area contributed by atoms with Crippen LogP contribution in [0.5, 0.6) is 0 Å². The molecule has 1 fully saturated rings. The lowest BCUT2D eigenvalue weighted by Crippen LogP contribution is -2.59. The number of hydrogen-bond donors (Lipinski definition) is 2. The molecule has 0 aromatic carbocycles. The molecule has 0 radical (unpaired) electrons. The summed E-state index contributed by atoms with van der Waals surface area (Å²) >= 11 is 1.76. The summed E-state index contributed by atoms with van der Waals surface area (Å²) in [5, 5.41) is 11.9. The van der Waals surface area contributed by atoms with Crippen molar-refractivity contribution in [3.05, 3.63) is 11.6 Å². The highest BCUT2D eigenvalue weighted by atomic mass is 32.2. The molecule has 27 heavy (non-hydrogen) atoms. The average Bonchev–Trinajstić information content (AvgIpc) is 2.55. The van der Waals surface area contributed by atoms with E-state index in [1.54, 1.807) is 24.9 Å². The molecule has 2 atom stereocenters. The largest absolute Gasteiger partial charge is 0.478 e. The van der Waals surface area contributed by atoms with Crippen LogP contribution in [0.1, 0.15) is 34.6 Å². The molecule has 0 saturated carbocycles. The summed E-state index contributed by atoms with van der Waals surface area (Å²) in [7, 11) is 3.56. The molecule has 0 aliphatic carbocycles. The number of rotatable bonds is 7. The summed E-state index contributed by atoms with van der Waals surface area (Å²) in [6, 6.07) is -0.653. The smallest absolute Gasteiger partial charge is 0.331 e. The third kappa shape index (κ3) is 6.24. The normalized spacial score (nSPS) is 21.6. The number of nitrogens with zero attached hydrogens (tertiary/aromatic N) is 2. The topological polar surface area (TPSA) is 90.0 Å². The molecular formula is C19H33N3O4S. The van der Waals surface area contributed by atoms with E-state index in [1.807, 2.05) is 39.6 Å². The fraction of sp³-hybridized carbons (Fsp3) is 0.737. The zero-order valence-electron chi connectivity index (χ0n) is 17.4. The van der Waals surface area contributed by atoms with Crippen LogP contribution in [-0.4, -0.2) is 82.5 Å². The van der Waals surface area contributed by atoms with Crippen molar-refractivity contribution in [1.82, 2.24) is 15.1 Å². The van der Waals surface area contributed by atoms with Crippen molar-refractivity contribution in [3.63, 3.8) is 0 Å². The average molecular weight is 400 g/mol. The number of hydrogen-bond acceptors (Lipinski definition) is 5. The van der Waals surface area contributed by atoms with Gasteiger partial charge in [-0.25, -0.2) is 4.79 Å². The summed E-state index contributed by atoms with van der Waals surface area (Å²) in [6.45, 7) is 10.2. The number of carbonyl (C=O) groups excluding carboxylic acids is 2. The molecule has 1 aliphatic rings. The van der Waals surface area contributed by atoms with E-state index in [2.05, 4.69) is 5.32 Å². The van der Waals surface area contributed by atoms with Gasteiger partial charge < -0.3 is 15.3 Å². The first-order valence-corrected chi connectivity index (χ1v) is 10.2. The van der Waals surface area contributed by atoms with Crippen LogP contribution in [0.4, 0.5) is 0 Å². The van der Waals surface area contributed by atoms with Gasteiger partial charge in [-0.2, -0.15) is 11.8 Å². The fourth-order valence-electron chi connectivity index (χ4n) is 3.34. The van der Waals surface area contributed by atoms with Crippen LogP contribution >= 0.6 is 11.8 Å². The second kappa shape index (κ2) is 9.59. The van der Waals surface area contributed by atoms with Crippen LogP contribution in [0.15, 0.2) is 11.6 Å². The minimum absolute atomic E-state index is 0.0452. The van der Waals surface area contributed by atoms with Crippen molar-refractivity contribution < 1.29 is 19.5 Å². The number of aliphatic carboxylic acids is 1. The first-order valence-electron chi connectivity index (χ1n) is 9.17. The van der Waals surface area contributed by atoms with E-state index in [4.69, 9.17) is 5.11 Å². The number of thioether (sulfide) groups is 1.